The molecule has 2 unspecified atom stereocenters. The first-order valence-electron chi connectivity index (χ1n) is 8.10. The Morgan fingerprint density at radius 3 is 2.77 bits per heavy atom. The first kappa shape index (κ1) is 16.8. The molecule has 1 aliphatic rings. The molecule has 122 valence electrons. The Hall–Kier alpha value is -1.55. The summed E-state index contributed by atoms with van der Waals surface area (Å²) in [6, 6.07) is 8.18. The molecule has 1 amide bonds. The fraction of sp³-hybridized carbons (Fsp3) is 0.611. The third-order valence-corrected chi connectivity index (χ3v) is 4.19. The van der Waals surface area contributed by atoms with Crippen LogP contribution in [-0.2, 0) is 10.2 Å². The molecule has 1 heterocycles. The molecular weight excluding hydrogens is 276 g/mol. The van der Waals surface area contributed by atoms with Crippen molar-refractivity contribution in [2.45, 2.75) is 45.6 Å². The van der Waals surface area contributed by atoms with Gasteiger partial charge in [-0.2, -0.15) is 0 Å². The van der Waals surface area contributed by atoms with Crippen molar-refractivity contribution in [2.75, 3.05) is 19.7 Å². The minimum atomic E-state index is -0.0394. The predicted molar refractivity (Wildman–Crippen MR) is 89.2 cm³/mol. The van der Waals surface area contributed by atoms with Crippen molar-refractivity contribution < 1.29 is 9.53 Å². The van der Waals surface area contributed by atoms with Crippen LogP contribution in [0.3, 0.4) is 0 Å². The molecule has 4 nitrogen and oxygen atoms in total. The average molecular weight is 304 g/mol. The maximum atomic E-state index is 12.1. The van der Waals surface area contributed by atoms with E-state index in [0.717, 1.165) is 30.8 Å². The van der Waals surface area contributed by atoms with Crippen LogP contribution >= 0.6 is 0 Å². The molecule has 0 spiro atoms. The molecule has 1 fully saturated rings. The van der Waals surface area contributed by atoms with E-state index in [2.05, 4.69) is 44.4 Å². The number of nitrogens with one attached hydrogen (secondary N) is 2. The molecule has 0 bridgehead atoms. The van der Waals surface area contributed by atoms with Gasteiger partial charge in [0.05, 0.1) is 0 Å². The largest absolute Gasteiger partial charge is 0.483 e. The third kappa shape index (κ3) is 4.47. The van der Waals surface area contributed by atoms with Crippen LogP contribution < -0.4 is 15.4 Å². The molecule has 0 saturated carbocycles. The zero-order valence-corrected chi connectivity index (χ0v) is 14.1. The van der Waals surface area contributed by atoms with Gasteiger partial charge in [0.1, 0.15) is 5.75 Å². The summed E-state index contributed by atoms with van der Waals surface area (Å²) in [6.07, 6.45) is 0.978. The van der Waals surface area contributed by atoms with Crippen LogP contribution in [0.5, 0.6) is 5.75 Å². The van der Waals surface area contributed by atoms with E-state index in [1.54, 1.807) is 0 Å². The van der Waals surface area contributed by atoms with Crippen molar-refractivity contribution in [1.29, 1.82) is 0 Å². The van der Waals surface area contributed by atoms with E-state index >= 15 is 0 Å². The van der Waals surface area contributed by atoms with Gasteiger partial charge in [-0.25, -0.2) is 0 Å². The summed E-state index contributed by atoms with van der Waals surface area (Å²) in [7, 11) is 0. The van der Waals surface area contributed by atoms with Crippen LogP contribution in [0.1, 0.15) is 39.7 Å². The Kier molecular flexibility index (Phi) is 5.46. The summed E-state index contributed by atoms with van der Waals surface area (Å²) in [6.45, 7) is 10.6. The molecule has 1 saturated heterocycles. The molecule has 2 rings (SSSR count). The van der Waals surface area contributed by atoms with Gasteiger partial charge < -0.3 is 15.4 Å². The molecule has 1 aromatic carbocycles. The fourth-order valence-electron chi connectivity index (χ4n) is 2.83. The highest BCUT2D eigenvalue weighted by Gasteiger charge is 2.23. The van der Waals surface area contributed by atoms with Crippen molar-refractivity contribution >= 4 is 5.91 Å². The number of piperidine rings is 1. The second kappa shape index (κ2) is 7.14. The zero-order chi connectivity index (χ0) is 16.2. The fourth-order valence-corrected chi connectivity index (χ4v) is 2.83. The summed E-state index contributed by atoms with van der Waals surface area (Å²) in [5.41, 5.74) is 1.12. The van der Waals surface area contributed by atoms with Gasteiger partial charge in [0.15, 0.2) is 6.61 Å². The summed E-state index contributed by atoms with van der Waals surface area (Å²) < 4.78 is 5.77. The van der Waals surface area contributed by atoms with E-state index in [1.165, 1.54) is 0 Å². The van der Waals surface area contributed by atoms with Gasteiger partial charge in [-0.3, -0.25) is 4.79 Å². The number of amides is 1. The second-order valence-corrected chi connectivity index (χ2v) is 7.18. The summed E-state index contributed by atoms with van der Waals surface area (Å²) in [5.74, 6) is 1.21. The molecule has 0 aromatic heterocycles. The van der Waals surface area contributed by atoms with E-state index in [4.69, 9.17) is 4.74 Å². The summed E-state index contributed by atoms with van der Waals surface area (Å²) >= 11 is 0. The van der Waals surface area contributed by atoms with Crippen LogP contribution in [0.4, 0.5) is 0 Å². The van der Waals surface area contributed by atoms with Crippen molar-refractivity contribution in [3.8, 4) is 5.75 Å². The maximum absolute atomic E-state index is 12.1. The molecule has 1 aromatic rings. The van der Waals surface area contributed by atoms with E-state index < -0.39 is 0 Å². The third-order valence-electron chi connectivity index (χ3n) is 4.19. The lowest BCUT2D eigenvalue weighted by molar-refractivity contribution is -0.124. The summed E-state index contributed by atoms with van der Waals surface area (Å²) in [4.78, 5) is 12.1. The van der Waals surface area contributed by atoms with E-state index in [1.807, 2.05) is 18.2 Å². The molecule has 22 heavy (non-hydrogen) atoms. The highest BCUT2D eigenvalue weighted by atomic mass is 16.5. The Morgan fingerprint density at radius 2 is 2.09 bits per heavy atom. The van der Waals surface area contributed by atoms with E-state index in [0.29, 0.717) is 5.92 Å². The lowest BCUT2D eigenvalue weighted by atomic mass is 9.86. The van der Waals surface area contributed by atoms with Crippen molar-refractivity contribution in [2.24, 2.45) is 5.92 Å². The number of carbonyl (C=O) groups excluding carboxylic acids is 1. The van der Waals surface area contributed by atoms with Crippen molar-refractivity contribution in [3.63, 3.8) is 0 Å². The van der Waals surface area contributed by atoms with E-state index in [-0.39, 0.29) is 24.0 Å². The number of benzene rings is 1. The maximum Gasteiger partial charge on any atom is 0.258 e. The predicted octanol–water partition coefficient (Wildman–Crippen LogP) is 2.48. The van der Waals surface area contributed by atoms with Crippen molar-refractivity contribution in [3.05, 3.63) is 29.8 Å². The lowest BCUT2D eigenvalue weighted by Crippen LogP contribution is -2.49. The molecule has 2 N–H and O–H groups in total. The highest BCUT2D eigenvalue weighted by molar-refractivity contribution is 5.78. The van der Waals surface area contributed by atoms with Crippen LogP contribution in [0.15, 0.2) is 24.3 Å². The second-order valence-electron chi connectivity index (χ2n) is 7.18. The van der Waals surface area contributed by atoms with Gasteiger partial charge >= 0.3 is 0 Å². The SMILES string of the molecule is CC1CNCCC1NC(=O)COc1ccccc1C(C)(C)C. The Labute approximate surface area is 133 Å². The normalized spacial score (nSPS) is 22.2. The Bertz CT molecular complexity index is 508. The van der Waals surface area contributed by atoms with Crippen LogP contribution in [0.2, 0.25) is 0 Å². The van der Waals surface area contributed by atoms with Crippen molar-refractivity contribution in [1.82, 2.24) is 10.6 Å². The van der Waals surface area contributed by atoms with Crippen LogP contribution in [0.25, 0.3) is 0 Å². The molecule has 0 radical (unpaired) electrons. The number of hydrogen-bond donors (Lipinski definition) is 2. The smallest absolute Gasteiger partial charge is 0.258 e. The number of para-hydroxylation sites is 1. The molecule has 1 aliphatic heterocycles. The molecular formula is C18H28N2O2. The molecule has 4 heteroatoms. The average Bonchev–Trinajstić information content (AvgIpc) is 2.47. The monoisotopic (exact) mass is 304 g/mol. The Balaban J connectivity index is 1.91. The first-order chi connectivity index (χ1) is 10.4. The molecule has 2 atom stereocenters. The summed E-state index contributed by atoms with van der Waals surface area (Å²) in [5, 5.41) is 6.43. The lowest BCUT2D eigenvalue weighted by Gasteiger charge is -2.30. The van der Waals surface area contributed by atoms with Gasteiger partial charge in [0.2, 0.25) is 0 Å². The van der Waals surface area contributed by atoms with E-state index in [9.17, 15) is 4.79 Å². The first-order valence-corrected chi connectivity index (χ1v) is 8.10. The van der Waals surface area contributed by atoms with Crippen LogP contribution in [0, 0.1) is 5.92 Å². The van der Waals surface area contributed by atoms with Gasteiger partial charge in [0, 0.05) is 6.04 Å². The minimum Gasteiger partial charge on any atom is -0.483 e. The van der Waals surface area contributed by atoms with Crippen LogP contribution in [-0.4, -0.2) is 31.6 Å². The number of hydrogen-bond acceptors (Lipinski definition) is 3. The topological polar surface area (TPSA) is 50.4 Å². The number of rotatable bonds is 4. The molecule has 0 aliphatic carbocycles. The number of ether oxygens (including phenoxy) is 1. The number of carbonyl (C=O) groups is 1. The minimum absolute atomic E-state index is 0.00335. The standard InChI is InChI=1S/C18H28N2O2/c1-13-11-19-10-9-15(13)20-17(21)12-22-16-8-6-5-7-14(16)18(2,3)4/h5-8,13,15,19H,9-12H2,1-4H3,(H,20,21). The van der Waals surface area contributed by atoms with Gasteiger partial charge in [-0.05, 0) is 42.5 Å². The highest BCUT2D eigenvalue weighted by Crippen LogP contribution is 2.30. The van der Waals surface area contributed by atoms with Gasteiger partial charge in [0.25, 0.3) is 5.91 Å². The zero-order valence-electron chi connectivity index (χ0n) is 14.1. The van der Waals surface area contributed by atoms with Gasteiger partial charge in [-0.1, -0.05) is 45.9 Å². The quantitative estimate of drug-likeness (QED) is 0.898. The van der Waals surface area contributed by atoms with Gasteiger partial charge in [-0.15, -0.1) is 0 Å². The Morgan fingerprint density at radius 1 is 1.36 bits per heavy atom.